The van der Waals surface area contributed by atoms with Crippen LogP contribution < -0.4 is 9.09 Å². The molecule has 0 fully saturated rings. The average Bonchev–Trinajstić information content (AvgIpc) is 1.98. The maximum absolute atomic E-state index is 9.23. The second kappa shape index (κ2) is 3.68. The van der Waals surface area contributed by atoms with Gasteiger partial charge in [-0.25, -0.2) is 0 Å². The zero-order valence-corrected chi connectivity index (χ0v) is 8.12. The molecule has 2 nitrogen and oxygen atoms in total. The third kappa shape index (κ3) is 2.16. The molecule has 0 heterocycles. The minimum atomic E-state index is 0.260. The van der Waals surface area contributed by atoms with Gasteiger partial charge in [-0.05, 0) is 0 Å². The molecule has 0 aliphatic carbocycles. The van der Waals surface area contributed by atoms with Gasteiger partial charge in [-0.2, -0.15) is 0 Å². The van der Waals surface area contributed by atoms with Crippen LogP contribution in [0.3, 0.4) is 0 Å². The number of rotatable bonds is 2. The van der Waals surface area contributed by atoms with E-state index in [0.29, 0.717) is 12.4 Å². The number of hydrogen-bond acceptors (Lipinski definition) is 2. The second-order valence-electron chi connectivity index (χ2n) is 2.08. The number of aromatic hydroxyl groups is 1. The Balaban J connectivity index is 2.86. The zero-order chi connectivity index (χ0) is 8.27. The fraction of sp³-hybridized carbons (Fsp3) is 0.250. The van der Waals surface area contributed by atoms with Crippen molar-refractivity contribution in [2.45, 2.75) is 6.92 Å². The van der Waals surface area contributed by atoms with Crippen molar-refractivity contribution in [2.24, 2.45) is 0 Å². The van der Waals surface area contributed by atoms with Gasteiger partial charge in [0.25, 0.3) is 0 Å². The molecule has 0 bridgehead atoms. The van der Waals surface area contributed by atoms with Gasteiger partial charge >= 0.3 is 74.3 Å². The molecule has 0 unspecified atom stereocenters. The number of benzene rings is 1. The summed E-state index contributed by atoms with van der Waals surface area (Å²) in [5.41, 5.74) is 0. The summed E-state index contributed by atoms with van der Waals surface area (Å²) in [5, 5.41) is 9.23. The monoisotopic (exact) mass is 212 g/mol. The first-order chi connectivity index (χ1) is 5.24. The van der Waals surface area contributed by atoms with E-state index in [9.17, 15) is 5.11 Å². The van der Waals surface area contributed by atoms with Crippen LogP contribution in [0.1, 0.15) is 6.92 Å². The van der Waals surface area contributed by atoms with Gasteiger partial charge < -0.3 is 0 Å². The SMILES string of the molecule is CCOc1ccc([As])c(O)c1. The van der Waals surface area contributed by atoms with Crippen molar-refractivity contribution in [3.63, 3.8) is 0 Å². The van der Waals surface area contributed by atoms with E-state index < -0.39 is 0 Å². The fourth-order valence-electron chi connectivity index (χ4n) is 0.760. The molecule has 3 heteroatoms. The first kappa shape index (κ1) is 8.47. The molecule has 1 N–H and O–H groups in total. The summed E-state index contributed by atoms with van der Waals surface area (Å²) in [5.74, 6) is 0.968. The average molecular weight is 212 g/mol. The van der Waals surface area contributed by atoms with Crippen LogP contribution in [0.5, 0.6) is 11.5 Å². The van der Waals surface area contributed by atoms with Crippen LogP contribution in [-0.4, -0.2) is 28.6 Å². The van der Waals surface area contributed by atoms with Crippen LogP contribution in [0.15, 0.2) is 18.2 Å². The predicted octanol–water partition coefficient (Wildman–Crippen LogP) is 0.585. The molecule has 0 amide bonds. The summed E-state index contributed by atoms with van der Waals surface area (Å²) in [4.78, 5) is 0. The standard InChI is InChI=1S/C8H9AsO2/c1-2-11-6-3-4-7(9)8(10)5-6/h3-5,10H,2H2,1H3. The number of phenolic OH excluding ortho intramolecular Hbond substituents is 1. The van der Waals surface area contributed by atoms with Crippen LogP contribution in [0, 0.1) is 0 Å². The Bertz CT molecular complexity index is 248. The van der Waals surface area contributed by atoms with E-state index in [1.807, 2.05) is 13.0 Å². The van der Waals surface area contributed by atoms with Crippen molar-refractivity contribution in [1.29, 1.82) is 0 Å². The summed E-state index contributed by atoms with van der Waals surface area (Å²) in [6, 6.07) is 5.24. The molecule has 2 radical (unpaired) electrons. The Morgan fingerprint density at radius 2 is 2.27 bits per heavy atom. The van der Waals surface area contributed by atoms with Gasteiger partial charge in [0.15, 0.2) is 0 Å². The van der Waals surface area contributed by atoms with Crippen LogP contribution in [0.4, 0.5) is 0 Å². The fourth-order valence-corrected chi connectivity index (χ4v) is 1.05. The van der Waals surface area contributed by atoms with E-state index in [2.05, 4.69) is 16.9 Å². The summed E-state index contributed by atoms with van der Waals surface area (Å²) < 4.78 is 5.98. The third-order valence-corrected chi connectivity index (χ3v) is 2.05. The summed E-state index contributed by atoms with van der Waals surface area (Å²) in [7, 11) is 0. The normalized spacial score (nSPS) is 9.64. The van der Waals surface area contributed by atoms with E-state index in [4.69, 9.17) is 4.74 Å². The van der Waals surface area contributed by atoms with Crippen molar-refractivity contribution in [3.05, 3.63) is 18.2 Å². The Morgan fingerprint density at radius 1 is 1.55 bits per heavy atom. The van der Waals surface area contributed by atoms with Crippen molar-refractivity contribution in [2.75, 3.05) is 6.61 Å². The molecule has 0 saturated heterocycles. The van der Waals surface area contributed by atoms with Gasteiger partial charge in [0.05, 0.1) is 0 Å². The van der Waals surface area contributed by atoms with Crippen molar-refractivity contribution in [1.82, 2.24) is 0 Å². The summed E-state index contributed by atoms with van der Waals surface area (Å²) >= 11 is 2.29. The molecular weight excluding hydrogens is 203 g/mol. The molecule has 1 aromatic rings. The van der Waals surface area contributed by atoms with Crippen LogP contribution in [-0.2, 0) is 0 Å². The molecule has 58 valence electrons. The van der Waals surface area contributed by atoms with Gasteiger partial charge in [0.1, 0.15) is 0 Å². The molecule has 0 atom stereocenters. The topological polar surface area (TPSA) is 29.5 Å². The van der Waals surface area contributed by atoms with Crippen molar-refractivity contribution >= 4 is 21.2 Å². The minimum absolute atomic E-state index is 0.260. The summed E-state index contributed by atoms with van der Waals surface area (Å²) in [6.45, 7) is 2.53. The third-order valence-electron chi connectivity index (χ3n) is 1.26. The Kier molecular flexibility index (Phi) is 2.83. The zero-order valence-electron chi connectivity index (χ0n) is 6.24. The van der Waals surface area contributed by atoms with Crippen LogP contribution in [0.25, 0.3) is 0 Å². The maximum atomic E-state index is 9.23. The second-order valence-corrected chi connectivity index (χ2v) is 3.09. The van der Waals surface area contributed by atoms with E-state index in [1.54, 1.807) is 12.1 Å². The molecule has 0 aliphatic heterocycles. The number of phenols is 1. The molecule has 0 spiro atoms. The molecule has 0 aliphatic rings. The van der Waals surface area contributed by atoms with E-state index in [1.165, 1.54) is 0 Å². The van der Waals surface area contributed by atoms with Gasteiger partial charge in [0.2, 0.25) is 0 Å². The molecule has 0 aromatic heterocycles. The van der Waals surface area contributed by atoms with E-state index in [-0.39, 0.29) is 5.75 Å². The van der Waals surface area contributed by atoms with Gasteiger partial charge in [-0.1, -0.05) is 0 Å². The van der Waals surface area contributed by atoms with Gasteiger partial charge in [-0.15, -0.1) is 0 Å². The van der Waals surface area contributed by atoms with Crippen LogP contribution >= 0.6 is 0 Å². The van der Waals surface area contributed by atoms with E-state index >= 15 is 0 Å². The molecule has 11 heavy (non-hydrogen) atoms. The molecule has 0 saturated carbocycles. The number of ether oxygens (including phenoxy) is 1. The first-order valence-electron chi connectivity index (χ1n) is 3.39. The van der Waals surface area contributed by atoms with Crippen molar-refractivity contribution in [3.8, 4) is 11.5 Å². The van der Waals surface area contributed by atoms with Gasteiger partial charge in [-0.3, -0.25) is 0 Å². The molecular formula is C8H9AsO2. The van der Waals surface area contributed by atoms with Gasteiger partial charge in [0, 0.05) is 0 Å². The summed E-state index contributed by atoms with van der Waals surface area (Å²) in [6.07, 6.45) is 0. The van der Waals surface area contributed by atoms with E-state index in [0.717, 1.165) is 4.35 Å². The Hall–Kier alpha value is -0.622. The predicted molar refractivity (Wildman–Crippen MR) is 44.7 cm³/mol. The van der Waals surface area contributed by atoms with Crippen molar-refractivity contribution < 1.29 is 9.84 Å². The Labute approximate surface area is 74.7 Å². The van der Waals surface area contributed by atoms with Crippen LogP contribution in [0.2, 0.25) is 0 Å². The number of hydrogen-bond donors (Lipinski definition) is 1. The first-order valence-corrected chi connectivity index (χ1v) is 4.32. The Morgan fingerprint density at radius 3 is 2.82 bits per heavy atom. The quantitative estimate of drug-likeness (QED) is 0.727. The molecule has 1 rings (SSSR count). The molecule has 1 aromatic carbocycles.